The van der Waals surface area contributed by atoms with Crippen LogP contribution in [0.4, 0.5) is 13.2 Å². The Labute approximate surface area is 196 Å². The van der Waals surface area contributed by atoms with Crippen LogP contribution in [-0.4, -0.2) is 59.5 Å². The minimum Gasteiger partial charge on any atom is -0.379 e. The lowest BCUT2D eigenvalue weighted by molar-refractivity contribution is -0.137. The van der Waals surface area contributed by atoms with Gasteiger partial charge in [0.2, 0.25) is 5.43 Å². The number of halogens is 3. The Morgan fingerprint density at radius 1 is 1.18 bits per heavy atom. The normalized spacial score (nSPS) is 16.0. The average molecular weight is 481 g/mol. The molecule has 1 unspecified atom stereocenters. The lowest BCUT2D eigenvalue weighted by atomic mass is 9.92. The highest BCUT2D eigenvalue weighted by atomic mass is 19.4. The van der Waals surface area contributed by atoms with Gasteiger partial charge in [-0.15, -0.1) is 0 Å². The molecule has 1 aliphatic heterocycles. The zero-order chi connectivity index (χ0) is 24.9. The molecule has 2 heterocycles. The van der Waals surface area contributed by atoms with Crippen LogP contribution in [0.25, 0.3) is 5.69 Å². The SMILES string of the molecule is CCC(CC)C(CNC(=O)c1nn(-c2ccccc2C(F)(F)F)c(C)cc1=O)N1CCOCC1. The van der Waals surface area contributed by atoms with Crippen molar-refractivity contribution in [2.75, 3.05) is 32.8 Å². The van der Waals surface area contributed by atoms with E-state index in [1.807, 2.05) is 0 Å². The van der Waals surface area contributed by atoms with Crippen LogP contribution in [0.15, 0.2) is 35.1 Å². The minimum absolute atomic E-state index is 0.0569. The van der Waals surface area contributed by atoms with Crippen molar-refractivity contribution in [3.8, 4) is 5.69 Å². The van der Waals surface area contributed by atoms with Gasteiger partial charge < -0.3 is 10.1 Å². The fraction of sp³-hybridized carbons (Fsp3) is 0.542. The van der Waals surface area contributed by atoms with Crippen molar-refractivity contribution in [1.29, 1.82) is 0 Å². The molecule has 3 rings (SSSR count). The number of hydrogen-bond donors (Lipinski definition) is 1. The van der Waals surface area contributed by atoms with Gasteiger partial charge in [-0.1, -0.05) is 38.8 Å². The number of amides is 1. The number of aryl methyl sites for hydroxylation is 1. The summed E-state index contributed by atoms with van der Waals surface area (Å²) in [5, 5.41) is 6.86. The maximum atomic E-state index is 13.5. The molecule has 0 saturated carbocycles. The smallest absolute Gasteiger partial charge is 0.379 e. The number of ether oxygens (including phenoxy) is 1. The number of para-hydroxylation sites is 1. The van der Waals surface area contributed by atoms with E-state index in [-0.39, 0.29) is 17.4 Å². The van der Waals surface area contributed by atoms with Gasteiger partial charge in [-0.25, -0.2) is 4.68 Å². The van der Waals surface area contributed by atoms with E-state index in [1.165, 1.54) is 25.1 Å². The van der Waals surface area contributed by atoms with Crippen LogP contribution >= 0.6 is 0 Å². The van der Waals surface area contributed by atoms with Crippen LogP contribution in [0.1, 0.15) is 48.4 Å². The van der Waals surface area contributed by atoms with Gasteiger partial charge in [0.1, 0.15) is 0 Å². The molecule has 0 radical (unpaired) electrons. The van der Waals surface area contributed by atoms with Crippen molar-refractivity contribution in [2.45, 2.75) is 45.8 Å². The zero-order valence-corrected chi connectivity index (χ0v) is 19.7. The fourth-order valence-electron chi connectivity index (χ4n) is 4.46. The van der Waals surface area contributed by atoms with Gasteiger partial charge >= 0.3 is 6.18 Å². The molecule has 1 atom stereocenters. The van der Waals surface area contributed by atoms with E-state index in [0.29, 0.717) is 25.7 Å². The Morgan fingerprint density at radius 2 is 1.82 bits per heavy atom. The third-order valence-corrected chi connectivity index (χ3v) is 6.34. The summed E-state index contributed by atoms with van der Waals surface area (Å²) >= 11 is 0. The van der Waals surface area contributed by atoms with Gasteiger partial charge in [-0.3, -0.25) is 14.5 Å². The molecule has 1 saturated heterocycles. The molecule has 2 aromatic rings. The van der Waals surface area contributed by atoms with Gasteiger partial charge in [-0.05, 0) is 25.0 Å². The molecule has 34 heavy (non-hydrogen) atoms. The van der Waals surface area contributed by atoms with Gasteiger partial charge in [0.05, 0.1) is 24.5 Å². The van der Waals surface area contributed by atoms with Crippen LogP contribution in [0.5, 0.6) is 0 Å². The largest absolute Gasteiger partial charge is 0.418 e. The summed E-state index contributed by atoms with van der Waals surface area (Å²) in [5.74, 6) is -0.368. The zero-order valence-electron chi connectivity index (χ0n) is 19.7. The van der Waals surface area contributed by atoms with Crippen LogP contribution in [-0.2, 0) is 10.9 Å². The number of benzene rings is 1. The molecule has 0 spiro atoms. The van der Waals surface area contributed by atoms with Crippen molar-refractivity contribution in [1.82, 2.24) is 20.0 Å². The second-order valence-electron chi connectivity index (χ2n) is 8.43. The maximum Gasteiger partial charge on any atom is 0.418 e. The van der Waals surface area contributed by atoms with Crippen molar-refractivity contribution in [3.63, 3.8) is 0 Å². The first-order valence-corrected chi connectivity index (χ1v) is 11.5. The topological polar surface area (TPSA) is 76.5 Å². The highest BCUT2D eigenvalue weighted by molar-refractivity contribution is 5.92. The second-order valence-corrected chi connectivity index (χ2v) is 8.43. The monoisotopic (exact) mass is 480 g/mol. The quantitative estimate of drug-likeness (QED) is 0.627. The number of rotatable bonds is 8. The van der Waals surface area contributed by atoms with E-state index in [0.717, 1.165) is 42.7 Å². The molecule has 1 aromatic heterocycles. The van der Waals surface area contributed by atoms with E-state index in [1.54, 1.807) is 0 Å². The van der Waals surface area contributed by atoms with Crippen LogP contribution in [0.2, 0.25) is 0 Å². The molecule has 0 aliphatic carbocycles. The van der Waals surface area contributed by atoms with E-state index in [9.17, 15) is 22.8 Å². The minimum atomic E-state index is -4.61. The first-order chi connectivity index (χ1) is 16.2. The number of morpholine rings is 1. The molecular formula is C24H31F3N4O3. The molecule has 1 amide bonds. The number of carbonyl (C=O) groups is 1. The van der Waals surface area contributed by atoms with Crippen LogP contribution < -0.4 is 10.7 Å². The highest BCUT2D eigenvalue weighted by Gasteiger charge is 2.34. The molecule has 1 N–H and O–H groups in total. The first-order valence-electron chi connectivity index (χ1n) is 11.5. The van der Waals surface area contributed by atoms with Gasteiger partial charge in [0.25, 0.3) is 5.91 Å². The van der Waals surface area contributed by atoms with E-state index < -0.39 is 28.8 Å². The number of carbonyl (C=O) groups excluding carboxylic acids is 1. The third-order valence-electron chi connectivity index (χ3n) is 6.34. The summed E-state index contributed by atoms with van der Waals surface area (Å²) in [6.45, 7) is 8.72. The van der Waals surface area contributed by atoms with Crippen molar-refractivity contribution >= 4 is 5.91 Å². The van der Waals surface area contributed by atoms with E-state index in [2.05, 4.69) is 29.2 Å². The molecule has 186 valence electrons. The predicted molar refractivity (Wildman–Crippen MR) is 122 cm³/mol. The number of hydrogen-bond acceptors (Lipinski definition) is 5. The maximum absolute atomic E-state index is 13.5. The summed E-state index contributed by atoms with van der Waals surface area (Å²) in [7, 11) is 0. The third kappa shape index (κ3) is 5.85. The van der Waals surface area contributed by atoms with Crippen LogP contribution in [0, 0.1) is 12.8 Å². The van der Waals surface area contributed by atoms with E-state index in [4.69, 9.17) is 4.74 Å². The molecule has 7 nitrogen and oxygen atoms in total. The Hall–Kier alpha value is -2.72. The fourth-order valence-corrected chi connectivity index (χ4v) is 4.46. The van der Waals surface area contributed by atoms with Crippen LogP contribution in [0.3, 0.4) is 0 Å². The summed E-state index contributed by atoms with van der Waals surface area (Å²) < 4.78 is 47.1. The Morgan fingerprint density at radius 3 is 2.44 bits per heavy atom. The predicted octanol–water partition coefficient (Wildman–Crippen LogP) is 3.43. The highest BCUT2D eigenvalue weighted by Crippen LogP contribution is 2.33. The second kappa shape index (κ2) is 11.1. The molecule has 1 aromatic carbocycles. The Balaban J connectivity index is 1.89. The summed E-state index contributed by atoms with van der Waals surface area (Å²) in [6.07, 6.45) is -2.76. The Bertz CT molecular complexity index is 1040. The van der Waals surface area contributed by atoms with Gasteiger partial charge in [0.15, 0.2) is 5.69 Å². The number of nitrogens with one attached hydrogen (secondary N) is 1. The summed E-state index contributed by atoms with van der Waals surface area (Å²) in [5.41, 5.74) is -2.03. The summed E-state index contributed by atoms with van der Waals surface area (Å²) in [6, 6.07) is 6.12. The first kappa shape index (κ1) is 25.9. The van der Waals surface area contributed by atoms with Crippen molar-refractivity contribution in [3.05, 3.63) is 57.5 Å². The van der Waals surface area contributed by atoms with Crippen molar-refractivity contribution in [2.24, 2.45) is 5.92 Å². The molecule has 0 bridgehead atoms. The summed E-state index contributed by atoms with van der Waals surface area (Å²) in [4.78, 5) is 27.8. The number of aromatic nitrogens is 2. The lowest BCUT2D eigenvalue weighted by Crippen LogP contribution is -2.52. The molecule has 10 heteroatoms. The molecular weight excluding hydrogens is 449 g/mol. The average Bonchev–Trinajstić information content (AvgIpc) is 2.81. The molecule has 1 fully saturated rings. The number of nitrogens with zero attached hydrogens (tertiary/aromatic N) is 3. The Kier molecular flexibility index (Phi) is 8.48. The lowest BCUT2D eigenvalue weighted by Gasteiger charge is -2.38. The molecule has 1 aliphatic rings. The standard InChI is InChI=1S/C24H31F3N4O3/c1-4-17(5-2)20(30-10-12-34-13-11-30)15-28-23(33)22-21(32)14-16(3)31(29-22)19-9-7-6-8-18(19)24(25,26)27/h6-9,14,17,20H,4-5,10-13,15H2,1-3H3,(H,28,33). The van der Waals surface area contributed by atoms with Gasteiger partial charge in [0, 0.05) is 37.4 Å². The van der Waals surface area contributed by atoms with E-state index >= 15 is 0 Å². The number of alkyl halides is 3. The van der Waals surface area contributed by atoms with Gasteiger partial charge in [-0.2, -0.15) is 18.3 Å². The van der Waals surface area contributed by atoms with Crippen molar-refractivity contribution < 1.29 is 22.7 Å².